The Kier molecular flexibility index (Phi) is 7.58. The summed E-state index contributed by atoms with van der Waals surface area (Å²) in [6.07, 6.45) is 6.50. The van der Waals surface area contributed by atoms with E-state index < -0.39 is 5.95 Å². The van der Waals surface area contributed by atoms with Crippen LogP contribution in [0.5, 0.6) is 0 Å². The van der Waals surface area contributed by atoms with Crippen LogP contribution in [0.15, 0.2) is 66.0 Å². The molecule has 3 N–H and O–H groups in total. The first-order chi connectivity index (χ1) is 19.4. The number of pyridine rings is 3. The number of nitrogens with zero attached hydrogens (tertiary/aromatic N) is 7. The van der Waals surface area contributed by atoms with Crippen molar-refractivity contribution in [2.75, 3.05) is 12.4 Å². The minimum atomic E-state index is -0.530. The number of imidazole rings is 1. The number of H-pyrrole nitrogens is 1. The number of aliphatic imine (C=N–C) groups is 1. The molecule has 0 saturated heterocycles. The van der Waals surface area contributed by atoms with E-state index in [1.54, 1.807) is 57.0 Å². The maximum atomic E-state index is 13.3. The Morgan fingerprint density at radius 1 is 1.00 bits per heavy atom. The minimum Gasteiger partial charge on any atom is -0.347 e. The first-order valence-corrected chi connectivity index (χ1v) is 12.3. The molecule has 0 aliphatic rings. The van der Waals surface area contributed by atoms with E-state index in [9.17, 15) is 9.18 Å². The van der Waals surface area contributed by atoms with Gasteiger partial charge in [0.15, 0.2) is 5.82 Å². The lowest BCUT2D eigenvalue weighted by Gasteiger charge is -2.09. The van der Waals surface area contributed by atoms with Crippen LogP contribution < -0.4 is 10.6 Å². The average Bonchev–Trinajstić information content (AvgIpc) is 3.38. The largest absolute Gasteiger partial charge is 0.347 e. The molecule has 0 aliphatic heterocycles. The quantitative estimate of drug-likeness (QED) is 0.198. The molecule has 0 fully saturated rings. The molecule has 0 radical (unpaired) electrons. The van der Waals surface area contributed by atoms with Crippen molar-refractivity contribution in [2.24, 2.45) is 4.99 Å². The Balaban J connectivity index is 1.22. The van der Waals surface area contributed by atoms with Gasteiger partial charge in [0.25, 0.3) is 5.91 Å². The Morgan fingerprint density at radius 2 is 1.88 bits per heavy atom. The van der Waals surface area contributed by atoms with E-state index in [0.717, 1.165) is 16.8 Å². The number of aromatic amines is 1. The lowest BCUT2D eigenvalue weighted by molar-refractivity contribution is 0.0946. The van der Waals surface area contributed by atoms with Crippen LogP contribution in [0.1, 0.15) is 33.3 Å². The third-order valence-corrected chi connectivity index (χ3v) is 5.82. The number of hydrogen-bond acceptors (Lipinski definition) is 9. The molecule has 0 atom stereocenters. The van der Waals surface area contributed by atoms with Gasteiger partial charge in [-0.05, 0) is 49.7 Å². The number of aryl methyl sites for hydroxylation is 2. The fourth-order valence-electron chi connectivity index (χ4n) is 3.91. The SMILES string of the molecule is CN=Cc1ncc(Nc2cc(C)nc(-c3ccc(C(=O)NCc4ccc(-c5ccc(F)nc5C)nc4)nc3)n2)[nH]1. The number of amides is 1. The van der Waals surface area contributed by atoms with Crippen LogP contribution in [0.2, 0.25) is 0 Å². The molecule has 0 spiro atoms. The monoisotopic (exact) mass is 536 g/mol. The number of carbonyl (C=O) groups is 1. The van der Waals surface area contributed by atoms with Crippen LogP contribution in [-0.4, -0.2) is 54.1 Å². The van der Waals surface area contributed by atoms with Gasteiger partial charge in [0.2, 0.25) is 5.95 Å². The van der Waals surface area contributed by atoms with Crippen molar-refractivity contribution in [3.05, 3.63) is 95.5 Å². The number of carbonyl (C=O) groups excluding carboxylic acids is 1. The third-order valence-electron chi connectivity index (χ3n) is 5.82. The number of halogens is 1. The summed E-state index contributed by atoms with van der Waals surface area (Å²) in [6, 6.07) is 11.8. The van der Waals surface area contributed by atoms with Gasteiger partial charge in [0.05, 0.1) is 18.1 Å². The van der Waals surface area contributed by atoms with Crippen molar-refractivity contribution < 1.29 is 9.18 Å². The van der Waals surface area contributed by atoms with Gasteiger partial charge in [-0.1, -0.05) is 6.07 Å². The number of nitrogens with one attached hydrogen (secondary N) is 3. The predicted octanol–water partition coefficient (Wildman–Crippen LogP) is 4.20. The summed E-state index contributed by atoms with van der Waals surface area (Å²) in [7, 11) is 1.67. The summed E-state index contributed by atoms with van der Waals surface area (Å²) < 4.78 is 13.3. The van der Waals surface area contributed by atoms with Crippen molar-refractivity contribution in [2.45, 2.75) is 20.4 Å². The molecular formula is C28H25FN10O. The van der Waals surface area contributed by atoms with Crippen molar-refractivity contribution in [3.63, 3.8) is 0 Å². The maximum absolute atomic E-state index is 13.3. The topological polar surface area (TPSA) is 147 Å². The highest BCUT2D eigenvalue weighted by molar-refractivity contribution is 5.92. The molecule has 0 aliphatic carbocycles. The number of anilines is 2. The molecule has 11 nitrogen and oxygen atoms in total. The number of rotatable bonds is 8. The second-order valence-corrected chi connectivity index (χ2v) is 8.85. The highest BCUT2D eigenvalue weighted by Crippen LogP contribution is 2.21. The van der Waals surface area contributed by atoms with Crippen LogP contribution >= 0.6 is 0 Å². The Labute approximate surface area is 229 Å². The molecule has 0 bridgehead atoms. The molecule has 40 heavy (non-hydrogen) atoms. The normalized spacial score (nSPS) is 11.1. The van der Waals surface area contributed by atoms with E-state index in [4.69, 9.17) is 0 Å². The third kappa shape index (κ3) is 6.18. The molecule has 12 heteroatoms. The van der Waals surface area contributed by atoms with Crippen molar-refractivity contribution in [3.8, 4) is 22.6 Å². The van der Waals surface area contributed by atoms with Crippen molar-refractivity contribution in [1.29, 1.82) is 0 Å². The van der Waals surface area contributed by atoms with Crippen LogP contribution in [0, 0.1) is 19.8 Å². The molecule has 200 valence electrons. The van der Waals surface area contributed by atoms with E-state index in [1.807, 2.05) is 25.1 Å². The van der Waals surface area contributed by atoms with E-state index in [1.165, 1.54) is 6.07 Å². The van der Waals surface area contributed by atoms with E-state index in [-0.39, 0.29) is 18.1 Å². The van der Waals surface area contributed by atoms with E-state index in [2.05, 4.69) is 50.5 Å². The molecule has 0 unspecified atom stereocenters. The number of aromatic nitrogens is 7. The van der Waals surface area contributed by atoms with Crippen molar-refractivity contribution >= 4 is 23.8 Å². The van der Waals surface area contributed by atoms with Gasteiger partial charge >= 0.3 is 0 Å². The Bertz CT molecular complexity index is 1680. The predicted molar refractivity (Wildman–Crippen MR) is 149 cm³/mol. The zero-order valence-corrected chi connectivity index (χ0v) is 22.0. The maximum Gasteiger partial charge on any atom is 0.270 e. The molecule has 5 rings (SSSR count). The van der Waals surface area contributed by atoms with Gasteiger partial charge in [-0.25, -0.2) is 19.9 Å². The minimum absolute atomic E-state index is 0.259. The van der Waals surface area contributed by atoms with Gasteiger partial charge in [0, 0.05) is 54.6 Å². The zero-order valence-electron chi connectivity index (χ0n) is 22.0. The Morgan fingerprint density at radius 3 is 2.60 bits per heavy atom. The fraction of sp³-hybridized carbons (Fsp3) is 0.143. The molecule has 5 heterocycles. The molecule has 0 aromatic carbocycles. The van der Waals surface area contributed by atoms with Crippen LogP contribution in [0.25, 0.3) is 22.6 Å². The highest BCUT2D eigenvalue weighted by atomic mass is 19.1. The molecule has 1 amide bonds. The van der Waals surface area contributed by atoms with Crippen LogP contribution in [0.3, 0.4) is 0 Å². The second kappa shape index (κ2) is 11.6. The molecular weight excluding hydrogens is 511 g/mol. The standard InChI is InChI=1S/C28H25FN10O/c1-16-10-24(37-26-15-33-25(38-26)14-30-3)39-27(35-16)19-5-8-22(32-13-19)28(40)34-12-18-4-7-21(31-11-18)20-6-9-23(29)36-17(20)2/h4-11,13-15H,12H2,1-3H3,(H,33,38)(H,34,40)(H,35,37,39). The van der Waals surface area contributed by atoms with Gasteiger partial charge < -0.3 is 15.6 Å². The smallest absolute Gasteiger partial charge is 0.270 e. The first-order valence-electron chi connectivity index (χ1n) is 12.3. The van der Waals surface area contributed by atoms with Crippen LogP contribution in [0.4, 0.5) is 16.0 Å². The summed E-state index contributed by atoms with van der Waals surface area (Å²) in [5, 5.41) is 6.02. The molecule has 0 saturated carbocycles. The first kappa shape index (κ1) is 26.2. The summed E-state index contributed by atoms with van der Waals surface area (Å²) in [4.78, 5) is 45.6. The summed E-state index contributed by atoms with van der Waals surface area (Å²) in [5.74, 6) is 1.48. The van der Waals surface area contributed by atoms with E-state index >= 15 is 0 Å². The van der Waals surface area contributed by atoms with Gasteiger partial charge in [0.1, 0.15) is 23.2 Å². The molecule has 5 aromatic heterocycles. The Hall–Kier alpha value is -5.39. The molecule has 5 aromatic rings. The lowest BCUT2D eigenvalue weighted by Crippen LogP contribution is -2.23. The summed E-state index contributed by atoms with van der Waals surface area (Å²) >= 11 is 0. The summed E-state index contributed by atoms with van der Waals surface area (Å²) in [6.45, 7) is 3.87. The van der Waals surface area contributed by atoms with Gasteiger partial charge in [-0.2, -0.15) is 4.39 Å². The van der Waals surface area contributed by atoms with Gasteiger partial charge in [-0.3, -0.25) is 19.8 Å². The zero-order chi connectivity index (χ0) is 28.1. The lowest BCUT2D eigenvalue weighted by atomic mass is 10.1. The van der Waals surface area contributed by atoms with Crippen molar-refractivity contribution in [1.82, 2.24) is 40.2 Å². The second-order valence-electron chi connectivity index (χ2n) is 8.85. The fourth-order valence-corrected chi connectivity index (χ4v) is 3.91. The summed E-state index contributed by atoms with van der Waals surface area (Å²) in [5.41, 5.74) is 4.47. The van der Waals surface area contributed by atoms with Gasteiger partial charge in [-0.15, -0.1) is 0 Å². The van der Waals surface area contributed by atoms with E-state index in [0.29, 0.717) is 40.2 Å². The van der Waals surface area contributed by atoms with Crippen LogP contribution in [-0.2, 0) is 6.54 Å². The average molecular weight is 537 g/mol. The number of hydrogen-bond donors (Lipinski definition) is 3. The highest BCUT2D eigenvalue weighted by Gasteiger charge is 2.12.